The number of halogens is 1. The Hall–Kier alpha value is -4.23. The van der Waals surface area contributed by atoms with Crippen LogP contribution in [0.15, 0.2) is 78.2 Å². The quantitative estimate of drug-likeness (QED) is 0.322. The lowest BCUT2D eigenvalue weighted by Crippen LogP contribution is -2.12. The normalized spacial score (nSPS) is 14.8. The van der Waals surface area contributed by atoms with Gasteiger partial charge in [0.25, 0.3) is 0 Å². The molecule has 0 radical (unpaired) electrons. The molecule has 36 heavy (non-hydrogen) atoms. The second-order valence-electron chi connectivity index (χ2n) is 8.96. The van der Waals surface area contributed by atoms with Gasteiger partial charge in [-0.05, 0) is 66.6 Å². The first-order valence-corrected chi connectivity index (χ1v) is 12.1. The van der Waals surface area contributed by atoms with Crippen LogP contribution in [0, 0.1) is 5.82 Å². The number of H-pyrrole nitrogens is 1. The topological polar surface area (TPSA) is 78.9 Å². The minimum atomic E-state index is -0.256. The van der Waals surface area contributed by atoms with Crippen molar-refractivity contribution in [1.29, 1.82) is 0 Å². The van der Waals surface area contributed by atoms with Gasteiger partial charge in [-0.1, -0.05) is 25.1 Å². The summed E-state index contributed by atoms with van der Waals surface area (Å²) in [5.74, 6) is -0.256. The number of hydrogen-bond donors (Lipinski definition) is 2. The molecule has 6 nitrogen and oxygen atoms in total. The van der Waals surface area contributed by atoms with Gasteiger partial charge in [0.05, 0.1) is 23.1 Å². The second-order valence-corrected chi connectivity index (χ2v) is 8.96. The minimum absolute atomic E-state index is 0.00528. The average molecular weight is 477 g/mol. The number of benzene rings is 1. The third kappa shape index (κ3) is 3.97. The van der Waals surface area contributed by atoms with Crippen LogP contribution in [-0.2, 0) is 6.54 Å². The van der Waals surface area contributed by atoms with E-state index in [0.717, 1.165) is 74.7 Å². The number of aromatic amines is 1. The monoisotopic (exact) mass is 476 g/mol. The van der Waals surface area contributed by atoms with Gasteiger partial charge in [-0.15, -0.1) is 0 Å². The standard InChI is InChI=1S/C29H25FN6/c1-3-31-14-18-12-20(16-32-15-18)25-9-8-22-17(2)34-28(27(22)35-25)26-13-24-23(10-11-33-29(24)36-26)19-4-6-21(30)7-5-19/h4-13,15-17,31H,3,14H2,1-2H3,(H,33,36)/t17-/m0/s1. The Labute approximate surface area is 208 Å². The van der Waals surface area contributed by atoms with Crippen LogP contribution in [0.5, 0.6) is 0 Å². The smallest absolute Gasteiger partial charge is 0.138 e. The molecule has 6 rings (SSSR count). The largest absolute Gasteiger partial charge is 0.338 e. The Morgan fingerprint density at radius 2 is 1.86 bits per heavy atom. The number of aliphatic imine (C=N–C) groups is 1. The number of aromatic nitrogens is 4. The van der Waals surface area contributed by atoms with E-state index in [9.17, 15) is 4.39 Å². The van der Waals surface area contributed by atoms with E-state index in [0.29, 0.717) is 0 Å². The van der Waals surface area contributed by atoms with E-state index in [2.05, 4.69) is 52.3 Å². The van der Waals surface area contributed by atoms with Crippen LogP contribution < -0.4 is 5.32 Å². The van der Waals surface area contributed by atoms with Crippen molar-refractivity contribution in [2.24, 2.45) is 4.99 Å². The molecule has 1 aliphatic heterocycles. The molecule has 0 bridgehead atoms. The summed E-state index contributed by atoms with van der Waals surface area (Å²) in [6.45, 7) is 5.84. The zero-order valence-electron chi connectivity index (χ0n) is 20.1. The van der Waals surface area contributed by atoms with Gasteiger partial charge < -0.3 is 10.3 Å². The van der Waals surface area contributed by atoms with E-state index in [1.54, 1.807) is 18.3 Å². The van der Waals surface area contributed by atoms with Gasteiger partial charge in [0.1, 0.15) is 17.2 Å². The number of fused-ring (bicyclic) bond motifs is 2. The van der Waals surface area contributed by atoms with E-state index < -0.39 is 0 Å². The second kappa shape index (κ2) is 9.09. The molecule has 5 heterocycles. The first-order chi connectivity index (χ1) is 17.6. The molecular formula is C29H25FN6. The van der Waals surface area contributed by atoms with Crippen molar-refractivity contribution >= 4 is 16.7 Å². The fourth-order valence-electron chi connectivity index (χ4n) is 4.71. The SMILES string of the molecule is CCNCc1cncc(-c2ccc3c(n2)C(c2cc4c(-c5ccc(F)cc5)ccnc4[nH]2)=N[C@H]3C)c1. The molecule has 5 aromatic rings. The molecule has 178 valence electrons. The molecule has 0 spiro atoms. The van der Waals surface area contributed by atoms with Gasteiger partial charge in [-0.25, -0.2) is 14.4 Å². The lowest BCUT2D eigenvalue weighted by Gasteiger charge is -2.08. The Morgan fingerprint density at radius 3 is 2.69 bits per heavy atom. The van der Waals surface area contributed by atoms with Crippen molar-refractivity contribution < 1.29 is 4.39 Å². The van der Waals surface area contributed by atoms with Crippen LogP contribution in [0.2, 0.25) is 0 Å². The molecule has 7 heteroatoms. The van der Waals surface area contributed by atoms with Gasteiger partial charge >= 0.3 is 0 Å². The van der Waals surface area contributed by atoms with E-state index in [-0.39, 0.29) is 11.9 Å². The van der Waals surface area contributed by atoms with Crippen molar-refractivity contribution in [3.63, 3.8) is 0 Å². The molecule has 1 atom stereocenters. The Bertz CT molecular complexity index is 1600. The minimum Gasteiger partial charge on any atom is -0.338 e. The predicted octanol–water partition coefficient (Wildman–Crippen LogP) is 5.85. The third-order valence-electron chi connectivity index (χ3n) is 6.54. The fourth-order valence-corrected chi connectivity index (χ4v) is 4.71. The molecule has 4 aromatic heterocycles. The van der Waals surface area contributed by atoms with E-state index in [1.807, 2.05) is 24.5 Å². The molecule has 0 amide bonds. The van der Waals surface area contributed by atoms with Gasteiger partial charge in [-0.3, -0.25) is 9.98 Å². The maximum atomic E-state index is 13.5. The Morgan fingerprint density at radius 1 is 1.00 bits per heavy atom. The van der Waals surface area contributed by atoms with Crippen LogP contribution in [-0.4, -0.2) is 32.2 Å². The van der Waals surface area contributed by atoms with Crippen LogP contribution in [0.1, 0.15) is 42.4 Å². The Kier molecular flexibility index (Phi) is 5.62. The molecule has 1 aromatic carbocycles. The predicted molar refractivity (Wildman–Crippen MR) is 140 cm³/mol. The zero-order valence-corrected chi connectivity index (χ0v) is 20.1. The Balaban J connectivity index is 1.41. The zero-order chi connectivity index (χ0) is 24.6. The highest BCUT2D eigenvalue weighted by molar-refractivity contribution is 6.15. The van der Waals surface area contributed by atoms with Gasteiger partial charge in [0.15, 0.2) is 0 Å². The lowest BCUT2D eigenvalue weighted by molar-refractivity contribution is 0.628. The maximum Gasteiger partial charge on any atom is 0.138 e. The molecule has 0 fully saturated rings. The highest BCUT2D eigenvalue weighted by Crippen LogP contribution is 2.34. The van der Waals surface area contributed by atoms with Gasteiger partial charge in [0.2, 0.25) is 0 Å². The molecule has 0 unspecified atom stereocenters. The summed E-state index contributed by atoms with van der Waals surface area (Å²) in [4.78, 5) is 22.4. The van der Waals surface area contributed by atoms with Crippen molar-refractivity contribution in [1.82, 2.24) is 25.3 Å². The summed E-state index contributed by atoms with van der Waals surface area (Å²) < 4.78 is 13.5. The van der Waals surface area contributed by atoms with E-state index in [1.165, 1.54) is 12.1 Å². The van der Waals surface area contributed by atoms with E-state index >= 15 is 0 Å². The molecule has 0 aliphatic carbocycles. The highest BCUT2D eigenvalue weighted by atomic mass is 19.1. The molecular weight excluding hydrogens is 451 g/mol. The number of hydrogen-bond acceptors (Lipinski definition) is 5. The van der Waals surface area contributed by atoms with Crippen molar-refractivity contribution in [3.8, 4) is 22.4 Å². The van der Waals surface area contributed by atoms with Crippen molar-refractivity contribution in [2.45, 2.75) is 26.4 Å². The summed E-state index contributed by atoms with van der Waals surface area (Å²) in [6, 6.07) is 16.8. The lowest BCUT2D eigenvalue weighted by atomic mass is 10.0. The maximum absolute atomic E-state index is 13.5. The first-order valence-electron chi connectivity index (χ1n) is 12.1. The number of nitrogens with zero attached hydrogens (tertiary/aromatic N) is 4. The van der Waals surface area contributed by atoms with E-state index in [4.69, 9.17) is 9.98 Å². The fraction of sp³-hybridized carbons (Fsp3) is 0.172. The van der Waals surface area contributed by atoms with Crippen molar-refractivity contribution in [3.05, 3.63) is 102 Å². The summed E-state index contributed by atoms with van der Waals surface area (Å²) in [6.07, 6.45) is 5.49. The van der Waals surface area contributed by atoms with Crippen LogP contribution in [0.3, 0.4) is 0 Å². The number of nitrogens with one attached hydrogen (secondary N) is 2. The summed E-state index contributed by atoms with van der Waals surface area (Å²) in [5, 5.41) is 4.30. The summed E-state index contributed by atoms with van der Waals surface area (Å²) >= 11 is 0. The molecule has 2 N–H and O–H groups in total. The van der Waals surface area contributed by atoms with Crippen LogP contribution >= 0.6 is 0 Å². The summed E-state index contributed by atoms with van der Waals surface area (Å²) in [5.41, 5.74) is 9.28. The first kappa shape index (κ1) is 22.2. The molecule has 0 saturated heterocycles. The highest BCUT2D eigenvalue weighted by Gasteiger charge is 2.27. The van der Waals surface area contributed by atoms with Crippen LogP contribution in [0.4, 0.5) is 4.39 Å². The molecule has 0 saturated carbocycles. The number of rotatable bonds is 6. The van der Waals surface area contributed by atoms with Crippen molar-refractivity contribution in [2.75, 3.05) is 6.54 Å². The molecule has 1 aliphatic rings. The number of pyridine rings is 3. The van der Waals surface area contributed by atoms with Gasteiger partial charge in [-0.2, -0.15) is 0 Å². The van der Waals surface area contributed by atoms with Crippen LogP contribution in [0.25, 0.3) is 33.4 Å². The average Bonchev–Trinajstić information content (AvgIpc) is 3.49. The summed E-state index contributed by atoms with van der Waals surface area (Å²) in [7, 11) is 0. The van der Waals surface area contributed by atoms with Gasteiger partial charge in [0, 0.05) is 41.6 Å². The third-order valence-corrected chi connectivity index (χ3v) is 6.54.